The Hall–Kier alpha value is -1.55. The molecule has 7 nitrogen and oxygen atoms in total. The van der Waals surface area contributed by atoms with Gasteiger partial charge in [0, 0.05) is 50.9 Å². The van der Waals surface area contributed by atoms with Gasteiger partial charge in [0.1, 0.15) is 6.26 Å². The molecule has 0 saturated carbocycles. The van der Waals surface area contributed by atoms with Crippen molar-refractivity contribution >= 4 is 29.9 Å². The minimum absolute atomic E-state index is 0. The van der Waals surface area contributed by atoms with E-state index in [4.69, 9.17) is 13.9 Å². The summed E-state index contributed by atoms with van der Waals surface area (Å²) in [5.74, 6) is 0.967. The lowest BCUT2D eigenvalue weighted by Gasteiger charge is -2.36. The largest absolute Gasteiger partial charge is 0.472 e. The van der Waals surface area contributed by atoms with Gasteiger partial charge in [0.2, 0.25) is 0 Å². The molecule has 1 saturated heterocycles. The van der Waals surface area contributed by atoms with E-state index in [0.717, 1.165) is 56.5 Å². The highest BCUT2D eigenvalue weighted by molar-refractivity contribution is 14.0. The number of hydrogen-bond acceptors (Lipinski definition) is 5. The number of halogens is 1. The summed E-state index contributed by atoms with van der Waals surface area (Å²) >= 11 is 0. The topological polar surface area (TPSA) is 70.0 Å². The number of hydrogen-bond donors (Lipinski definition) is 1. The van der Waals surface area contributed by atoms with E-state index in [1.165, 1.54) is 0 Å². The Morgan fingerprint density at radius 2 is 2.08 bits per heavy atom. The monoisotopic (exact) mass is 445 g/mol. The highest BCUT2D eigenvalue weighted by atomic mass is 127. The molecule has 2 aromatic heterocycles. The third-order valence-corrected chi connectivity index (χ3v) is 3.88. The predicted molar refractivity (Wildman–Crippen MR) is 102 cm³/mol. The Morgan fingerprint density at radius 3 is 2.71 bits per heavy atom. The van der Waals surface area contributed by atoms with Gasteiger partial charge < -0.3 is 19.2 Å². The van der Waals surface area contributed by atoms with Crippen molar-refractivity contribution in [1.82, 2.24) is 20.3 Å². The molecule has 1 fully saturated rings. The maximum atomic E-state index is 5.09. The van der Waals surface area contributed by atoms with Crippen LogP contribution < -0.4 is 5.32 Å². The Labute approximate surface area is 159 Å². The van der Waals surface area contributed by atoms with Crippen LogP contribution in [0.1, 0.15) is 18.2 Å². The van der Waals surface area contributed by atoms with Crippen LogP contribution in [-0.4, -0.2) is 53.6 Å². The summed E-state index contributed by atoms with van der Waals surface area (Å²) < 4.78 is 9.98. The molecule has 0 aliphatic carbocycles. The van der Waals surface area contributed by atoms with E-state index in [2.05, 4.69) is 27.2 Å². The van der Waals surface area contributed by atoms with Crippen LogP contribution in [0.4, 0.5) is 0 Å². The first kappa shape index (κ1) is 18.8. The molecule has 0 amide bonds. The quantitative estimate of drug-likeness (QED) is 0.432. The van der Waals surface area contributed by atoms with E-state index < -0.39 is 0 Å². The zero-order valence-corrected chi connectivity index (χ0v) is 16.2. The van der Waals surface area contributed by atoms with Crippen LogP contribution in [0.15, 0.2) is 44.9 Å². The molecule has 24 heavy (non-hydrogen) atoms. The fraction of sp³-hybridized carbons (Fsp3) is 0.500. The molecule has 0 bridgehead atoms. The van der Waals surface area contributed by atoms with Crippen LogP contribution in [0.5, 0.6) is 0 Å². The summed E-state index contributed by atoms with van der Waals surface area (Å²) in [5, 5.41) is 7.35. The average molecular weight is 445 g/mol. The molecule has 0 aromatic carbocycles. The lowest BCUT2D eigenvalue weighted by molar-refractivity contribution is 0.169. The van der Waals surface area contributed by atoms with Crippen molar-refractivity contribution in [2.24, 2.45) is 4.99 Å². The minimum atomic E-state index is 0. The van der Waals surface area contributed by atoms with Crippen molar-refractivity contribution in [2.45, 2.75) is 20.0 Å². The lowest BCUT2D eigenvalue weighted by Crippen LogP contribution is -2.52. The third kappa shape index (κ3) is 5.23. The number of furan rings is 1. The van der Waals surface area contributed by atoms with Gasteiger partial charge in [0.05, 0.1) is 24.8 Å². The van der Waals surface area contributed by atoms with E-state index in [1.807, 2.05) is 12.1 Å². The summed E-state index contributed by atoms with van der Waals surface area (Å²) in [7, 11) is 0. The van der Waals surface area contributed by atoms with E-state index in [-0.39, 0.29) is 24.0 Å². The van der Waals surface area contributed by atoms with Crippen LogP contribution in [-0.2, 0) is 13.1 Å². The van der Waals surface area contributed by atoms with E-state index in [0.29, 0.717) is 6.54 Å². The Morgan fingerprint density at radius 1 is 1.25 bits per heavy atom. The SMILES string of the molecule is CCNC(=NCc1ccoc1)N1CCN(Cc2ccon2)CC1.I. The Bertz CT molecular complexity index is 592. The predicted octanol–water partition coefficient (Wildman–Crippen LogP) is 2.17. The van der Waals surface area contributed by atoms with Gasteiger partial charge in [0.15, 0.2) is 5.96 Å². The van der Waals surface area contributed by atoms with Gasteiger partial charge in [-0.25, -0.2) is 4.99 Å². The molecule has 3 rings (SSSR count). The normalized spacial score (nSPS) is 16.0. The van der Waals surface area contributed by atoms with Crippen molar-refractivity contribution in [3.8, 4) is 0 Å². The number of piperazine rings is 1. The molecule has 2 aromatic rings. The van der Waals surface area contributed by atoms with Crippen molar-refractivity contribution in [3.05, 3.63) is 42.2 Å². The summed E-state index contributed by atoms with van der Waals surface area (Å²) in [5.41, 5.74) is 2.07. The maximum Gasteiger partial charge on any atom is 0.194 e. The van der Waals surface area contributed by atoms with E-state index in [9.17, 15) is 0 Å². The molecule has 132 valence electrons. The van der Waals surface area contributed by atoms with Crippen LogP contribution >= 0.6 is 24.0 Å². The Balaban J connectivity index is 0.00000208. The number of guanidine groups is 1. The van der Waals surface area contributed by atoms with Crippen LogP contribution in [0.3, 0.4) is 0 Å². The van der Waals surface area contributed by atoms with Crippen molar-refractivity contribution in [2.75, 3.05) is 32.7 Å². The fourth-order valence-corrected chi connectivity index (χ4v) is 2.64. The molecule has 0 spiro atoms. The van der Waals surface area contributed by atoms with E-state index >= 15 is 0 Å². The average Bonchev–Trinajstić information content (AvgIpc) is 3.26. The molecule has 0 radical (unpaired) electrons. The molecule has 1 N–H and O–H groups in total. The lowest BCUT2D eigenvalue weighted by atomic mass is 10.3. The molecular weight excluding hydrogens is 421 g/mol. The van der Waals surface area contributed by atoms with Crippen molar-refractivity contribution in [1.29, 1.82) is 0 Å². The zero-order valence-electron chi connectivity index (χ0n) is 13.9. The summed E-state index contributed by atoms with van der Waals surface area (Å²) in [4.78, 5) is 9.40. The summed E-state index contributed by atoms with van der Waals surface area (Å²) in [6.07, 6.45) is 5.04. The summed E-state index contributed by atoms with van der Waals surface area (Å²) in [6.45, 7) is 8.32. The molecule has 1 aliphatic heterocycles. The highest BCUT2D eigenvalue weighted by Crippen LogP contribution is 2.08. The first-order valence-electron chi connectivity index (χ1n) is 8.01. The van der Waals surface area contributed by atoms with Gasteiger partial charge in [-0.2, -0.15) is 0 Å². The van der Waals surface area contributed by atoms with E-state index in [1.54, 1.807) is 18.8 Å². The molecule has 0 atom stereocenters. The molecule has 1 aliphatic rings. The zero-order chi connectivity index (χ0) is 15.9. The molecule has 3 heterocycles. The third-order valence-electron chi connectivity index (χ3n) is 3.88. The number of aliphatic imine (C=N–C) groups is 1. The van der Waals surface area contributed by atoms with Gasteiger partial charge in [-0.05, 0) is 13.0 Å². The van der Waals surface area contributed by atoms with Crippen molar-refractivity contribution < 1.29 is 8.94 Å². The molecule has 0 unspecified atom stereocenters. The van der Waals surface area contributed by atoms with Crippen LogP contribution in [0, 0.1) is 0 Å². The highest BCUT2D eigenvalue weighted by Gasteiger charge is 2.20. The molecule has 8 heteroatoms. The number of aromatic nitrogens is 1. The second-order valence-corrected chi connectivity index (χ2v) is 5.56. The van der Waals surface area contributed by atoms with Crippen LogP contribution in [0.2, 0.25) is 0 Å². The molecular formula is C16H24IN5O2. The number of nitrogens with one attached hydrogen (secondary N) is 1. The second kappa shape index (κ2) is 9.67. The number of nitrogens with zero attached hydrogens (tertiary/aromatic N) is 4. The number of rotatable bonds is 5. The van der Waals surface area contributed by atoms with Crippen molar-refractivity contribution in [3.63, 3.8) is 0 Å². The standard InChI is InChI=1S/C16H23N5O2.HI/c1-2-17-16(18-11-14-3-9-22-13-14)21-7-5-20(6-8-21)12-15-4-10-23-19-15;/h3-4,9-10,13H,2,5-8,11-12H2,1H3,(H,17,18);1H. The van der Waals surface area contributed by atoms with Gasteiger partial charge in [-0.1, -0.05) is 5.16 Å². The smallest absolute Gasteiger partial charge is 0.194 e. The second-order valence-electron chi connectivity index (χ2n) is 5.56. The fourth-order valence-electron chi connectivity index (χ4n) is 2.64. The van der Waals surface area contributed by atoms with Gasteiger partial charge >= 0.3 is 0 Å². The summed E-state index contributed by atoms with van der Waals surface area (Å²) in [6, 6.07) is 3.87. The Kier molecular flexibility index (Phi) is 7.57. The van der Waals surface area contributed by atoms with Gasteiger partial charge in [0.25, 0.3) is 0 Å². The maximum absolute atomic E-state index is 5.09. The minimum Gasteiger partial charge on any atom is -0.472 e. The first-order valence-corrected chi connectivity index (χ1v) is 8.01. The van der Waals surface area contributed by atoms with Crippen LogP contribution in [0.25, 0.3) is 0 Å². The first-order chi connectivity index (χ1) is 11.3. The van der Waals surface area contributed by atoms with Gasteiger partial charge in [-0.3, -0.25) is 4.90 Å². The van der Waals surface area contributed by atoms with Gasteiger partial charge in [-0.15, -0.1) is 24.0 Å².